The van der Waals surface area contributed by atoms with Gasteiger partial charge in [0.15, 0.2) is 0 Å². The van der Waals surface area contributed by atoms with Crippen molar-refractivity contribution in [1.29, 1.82) is 0 Å². The van der Waals surface area contributed by atoms with Crippen molar-refractivity contribution in [2.45, 2.75) is 38.7 Å². The number of hydrogen-bond acceptors (Lipinski definition) is 2. The maximum Gasteiger partial charge on any atom is 0.261 e. The first kappa shape index (κ1) is 18.4. The van der Waals surface area contributed by atoms with Crippen molar-refractivity contribution in [2.24, 2.45) is 11.8 Å². The first-order valence-electron chi connectivity index (χ1n) is 9.33. The fraction of sp³-hybridized carbons (Fsp3) is 0.455. The molecule has 0 saturated heterocycles. The van der Waals surface area contributed by atoms with Gasteiger partial charge in [0, 0.05) is 13.2 Å². The number of hydrogen-bond donors (Lipinski definition) is 1. The Bertz CT molecular complexity index is 618. The summed E-state index contributed by atoms with van der Waals surface area (Å²) in [5.41, 5.74) is 0. The van der Waals surface area contributed by atoms with Crippen LogP contribution in [0.5, 0.6) is 0 Å². The molecule has 1 saturated carbocycles. The highest BCUT2D eigenvalue weighted by molar-refractivity contribution is 6.99. The van der Waals surface area contributed by atoms with Gasteiger partial charge in [-0.3, -0.25) is 0 Å². The van der Waals surface area contributed by atoms with Crippen LogP contribution in [-0.4, -0.2) is 26.6 Å². The third kappa shape index (κ3) is 3.59. The van der Waals surface area contributed by atoms with Crippen LogP contribution >= 0.6 is 0 Å². The molecule has 0 aromatic heterocycles. The molecule has 0 heterocycles. The molecule has 0 unspecified atom stereocenters. The average Bonchev–Trinajstić information content (AvgIpc) is 2.57. The predicted molar refractivity (Wildman–Crippen MR) is 107 cm³/mol. The lowest BCUT2D eigenvalue weighted by Crippen LogP contribution is -2.67. The van der Waals surface area contributed by atoms with Crippen molar-refractivity contribution in [3.8, 4) is 0 Å². The standard InChI is InChI=1S/C22H30O2Si/c1-22(2,3)25(20-10-6-4-7-11-20,21-12-8-5-9-13-21)24-17-19-14-18(15-19)16-23/h4-13,18-19,23H,14-17H2,1-3H3. The van der Waals surface area contributed by atoms with Gasteiger partial charge in [-0.25, -0.2) is 0 Å². The molecule has 3 heteroatoms. The lowest BCUT2D eigenvalue weighted by molar-refractivity contribution is 0.0699. The summed E-state index contributed by atoms with van der Waals surface area (Å²) in [4.78, 5) is 0. The molecule has 134 valence electrons. The van der Waals surface area contributed by atoms with Gasteiger partial charge >= 0.3 is 0 Å². The molecule has 0 amide bonds. The van der Waals surface area contributed by atoms with Gasteiger partial charge in [-0.2, -0.15) is 0 Å². The van der Waals surface area contributed by atoms with Crippen molar-refractivity contribution < 1.29 is 9.53 Å². The zero-order valence-corrected chi connectivity index (χ0v) is 16.6. The molecule has 1 aliphatic carbocycles. The Morgan fingerprint density at radius 3 is 1.76 bits per heavy atom. The van der Waals surface area contributed by atoms with Crippen LogP contribution in [-0.2, 0) is 4.43 Å². The number of benzene rings is 2. The van der Waals surface area contributed by atoms with Gasteiger partial charge in [0.2, 0.25) is 0 Å². The van der Waals surface area contributed by atoms with Gasteiger partial charge in [-0.05, 0) is 40.1 Å². The van der Waals surface area contributed by atoms with Gasteiger partial charge in [-0.15, -0.1) is 0 Å². The Balaban J connectivity index is 1.97. The van der Waals surface area contributed by atoms with E-state index in [1.165, 1.54) is 10.4 Å². The largest absolute Gasteiger partial charge is 0.407 e. The van der Waals surface area contributed by atoms with Crippen LogP contribution in [0, 0.1) is 11.8 Å². The highest BCUT2D eigenvalue weighted by atomic mass is 28.4. The Morgan fingerprint density at radius 1 is 0.880 bits per heavy atom. The van der Waals surface area contributed by atoms with Crippen molar-refractivity contribution in [3.05, 3.63) is 60.7 Å². The fourth-order valence-corrected chi connectivity index (χ4v) is 8.80. The van der Waals surface area contributed by atoms with E-state index in [-0.39, 0.29) is 5.04 Å². The van der Waals surface area contributed by atoms with E-state index in [2.05, 4.69) is 81.4 Å². The molecular weight excluding hydrogens is 324 g/mol. The fourth-order valence-electron chi connectivity index (χ4n) is 4.16. The molecule has 2 aromatic carbocycles. The first-order chi connectivity index (χ1) is 12.0. The van der Waals surface area contributed by atoms with Crippen LogP contribution in [0.15, 0.2) is 60.7 Å². The van der Waals surface area contributed by atoms with Gasteiger partial charge in [0.1, 0.15) is 0 Å². The smallest absolute Gasteiger partial charge is 0.261 e. The maximum atomic E-state index is 9.29. The molecule has 3 rings (SSSR count). The Labute approximate surface area is 153 Å². The summed E-state index contributed by atoms with van der Waals surface area (Å²) in [6, 6.07) is 21.6. The third-order valence-electron chi connectivity index (χ3n) is 5.54. The molecule has 1 fully saturated rings. The second-order valence-corrected chi connectivity index (χ2v) is 12.7. The van der Waals surface area contributed by atoms with Crippen LogP contribution in [0.25, 0.3) is 0 Å². The predicted octanol–water partition coefficient (Wildman–Crippen LogP) is 3.58. The summed E-state index contributed by atoms with van der Waals surface area (Å²) in [5, 5.41) is 12.0. The van der Waals surface area contributed by atoms with Crippen molar-refractivity contribution in [3.63, 3.8) is 0 Å². The van der Waals surface area contributed by atoms with E-state index in [9.17, 15) is 5.11 Å². The maximum absolute atomic E-state index is 9.29. The molecule has 1 N–H and O–H groups in total. The third-order valence-corrected chi connectivity index (χ3v) is 10.5. The second kappa shape index (κ2) is 7.44. The molecule has 2 nitrogen and oxygen atoms in total. The summed E-state index contributed by atoms with van der Waals surface area (Å²) < 4.78 is 6.92. The Hall–Kier alpha value is -1.42. The van der Waals surface area contributed by atoms with E-state index >= 15 is 0 Å². The van der Waals surface area contributed by atoms with Crippen LogP contribution in [0.3, 0.4) is 0 Å². The molecular formula is C22H30O2Si. The van der Waals surface area contributed by atoms with Crippen LogP contribution in [0.1, 0.15) is 33.6 Å². The molecule has 0 radical (unpaired) electrons. The van der Waals surface area contributed by atoms with Crippen LogP contribution in [0.2, 0.25) is 5.04 Å². The zero-order valence-electron chi connectivity index (χ0n) is 15.6. The minimum Gasteiger partial charge on any atom is -0.407 e. The average molecular weight is 355 g/mol. The monoisotopic (exact) mass is 354 g/mol. The second-order valence-electron chi connectivity index (χ2n) is 8.36. The Kier molecular flexibility index (Phi) is 5.47. The molecule has 25 heavy (non-hydrogen) atoms. The summed E-state index contributed by atoms with van der Waals surface area (Å²) in [5.74, 6) is 1.06. The number of aliphatic hydroxyl groups excluding tert-OH is 1. The molecule has 0 atom stereocenters. The van der Waals surface area contributed by atoms with E-state index in [1.54, 1.807) is 0 Å². The van der Waals surface area contributed by atoms with Crippen molar-refractivity contribution in [2.75, 3.05) is 13.2 Å². The van der Waals surface area contributed by atoms with E-state index in [0.29, 0.717) is 18.4 Å². The van der Waals surface area contributed by atoms with Gasteiger partial charge in [-0.1, -0.05) is 81.4 Å². The van der Waals surface area contributed by atoms with E-state index in [1.807, 2.05) is 0 Å². The first-order valence-corrected chi connectivity index (χ1v) is 11.2. The minimum absolute atomic E-state index is 0.0375. The molecule has 2 aromatic rings. The lowest BCUT2D eigenvalue weighted by Gasteiger charge is -2.45. The summed E-state index contributed by atoms with van der Waals surface area (Å²) in [6.07, 6.45) is 2.18. The van der Waals surface area contributed by atoms with Gasteiger partial charge < -0.3 is 9.53 Å². The highest BCUT2D eigenvalue weighted by Gasteiger charge is 2.50. The highest BCUT2D eigenvalue weighted by Crippen LogP contribution is 2.39. The molecule has 0 bridgehead atoms. The van der Waals surface area contributed by atoms with Crippen molar-refractivity contribution in [1.82, 2.24) is 0 Å². The number of rotatable bonds is 6. The summed E-state index contributed by atoms with van der Waals surface area (Å²) >= 11 is 0. The van der Waals surface area contributed by atoms with Gasteiger partial charge in [0.25, 0.3) is 8.32 Å². The topological polar surface area (TPSA) is 29.5 Å². The van der Waals surface area contributed by atoms with E-state index in [0.717, 1.165) is 19.4 Å². The summed E-state index contributed by atoms with van der Waals surface area (Å²) in [7, 11) is -2.39. The number of aliphatic hydroxyl groups is 1. The molecule has 1 aliphatic rings. The van der Waals surface area contributed by atoms with Crippen molar-refractivity contribution >= 4 is 18.7 Å². The van der Waals surface area contributed by atoms with Crippen LogP contribution in [0.4, 0.5) is 0 Å². The quantitative estimate of drug-likeness (QED) is 0.804. The normalized spacial score (nSPS) is 21.0. The van der Waals surface area contributed by atoms with Gasteiger partial charge in [0.05, 0.1) is 0 Å². The zero-order chi connectivity index (χ0) is 17.9. The molecule has 0 spiro atoms. The lowest BCUT2D eigenvalue weighted by atomic mass is 9.76. The Morgan fingerprint density at radius 2 is 1.36 bits per heavy atom. The van der Waals surface area contributed by atoms with Crippen LogP contribution < -0.4 is 10.4 Å². The summed E-state index contributed by atoms with van der Waals surface area (Å²) in [6.45, 7) is 8.06. The SMILES string of the molecule is CC(C)(C)[Si](OCC1CC(CO)C1)(c1ccccc1)c1ccccc1. The van der Waals surface area contributed by atoms with E-state index in [4.69, 9.17) is 4.43 Å². The van der Waals surface area contributed by atoms with E-state index < -0.39 is 8.32 Å². The molecule has 0 aliphatic heterocycles. The minimum atomic E-state index is -2.39.